The van der Waals surface area contributed by atoms with E-state index in [4.69, 9.17) is 29.4 Å². The number of amides is 2. The summed E-state index contributed by atoms with van der Waals surface area (Å²) in [5.41, 5.74) is 16.1. The first kappa shape index (κ1) is 19.6. The van der Waals surface area contributed by atoms with Gasteiger partial charge in [0.2, 0.25) is 5.91 Å². The van der Waals surface area contributed by atoms with Crippen LogP contribution in [0, 0.1) is 0 Å². The van der Waals surface area contributed by atoms with E-state index >= 15 is 0 Å². The van der Waals surface area contributed by atoms with E-state index in [0.717, 1.165) is 19.3 Å². The van der Waals surface area contributed by atoms with Crippen LogP contribution in [-0.4, -0.2) is 32.3 Å². The summed E-state index contributed by atoms with van der Waals surface area (Å²) in [5, 5.41) is 5.88. The molecule has 8 N–H and O–H groups in total. The lowest BCUT2D eigenvalue weighted by molar-refractivity contribution is -0.123. The smallest absolute Gasteiger partial charge is 0.271 e. The van der Waals surface area contributed by atoms with Gasteiger partial charge in [0.05, 0.1) is 6.20 Å². The molecule has 9 nitrogen and oxygen atoms in total. The Morgan fingerprint density at radius 3 is 2.42 bits per heavy atom. The molecule has 1 fully saturated rings. The highest BCUT2D eigenvalue weighted by Crippen LogP contribution is 2.31. The van der Waals surface area contributed by atoms with Crippen molar-refractivity contribution in [3.63, 3.8) is 0 Å². The standard InChI is InChI=1S/C16H23N7O2S/c1-9(17)7-11(26)22-14-12(13(18)24)20-8-10(21-14)23-16(15(19)25)5-3-2-4-6-16/h7-8H,2-6,17H2,1H3,(H2,18,24)(H2,19,25)(H2,21,22,23,26). The molecule has 2 amide bonds. The van der Waals surface area contributed by atoms with Crippen LogP contribution < -0.4 is 27.8 Å². The molecule has 1 aromatic heterocycles. The highest BCUT2D eigenvalue weighted by atomic mass is 32.1. The quantitative estimate of drug-likeness (QED) is 0.359. The van der Waals surface area contributed by atoms with Crippen LogP contribution in [0.1, 0.15) is 49.5 Å². The van der Waals surface area contributed by atoms with E-state index in [0.29, 0.717) is 24.4 Å². The molecule has 1 heterocycles. The van der Waals surface area contributed by atoms with E-state index in [1.165, 1.54) is 12.3 Å². The van der Waals surface area contributed by atoms with Gasteiger partial charge < -0.3 is 27.8 Å². The molecular formula is C16H23N7O2S. The Bertz CT molecular complexity index is 753. The number of carbonyl (C=O) groups excluding carboxylic acids is 2. The van der Waals surface area contributed by atoms with Crippen molar-refractivity contribution in [3.05, 3.63) is 23.7 Å². The molecule has 0 unspecified atom stereocenters. The topological polar surface area (TPSA) is 162 Å². The molecule has 0 aromatic carbocycles. The molecule has 10 heteroatoms. The lowest BCUT2D eigenvalue weighted by atomic mass is 9.81. The van der Waals surface area contributed by atoms with Crippen LogP contribution >= 0.6 is 12.2 Å². The van der Waals surface area contributed by atoms with Crippen molar-refractivity contribution in [3.8, 4) is 0 Å². The maximum absolute atomic E-state index is 12.0. The predicted molar refractivity (Wildman–Crippen MR) is 103 cm³/mol. The number of nitrogens with two attached hydrogens (primary N) is 3. The van der Waals surface area contributed by atoms with Gasteiger partial charge in [-0.1, -0.05) is 31.5 Å². The summed E-state index contributed by atoms with van der Waals surface area (Å²) in [7, 11) is 0. The SMILES string of the molecule is CC(N)=CC(=S)Nc1nc(NC2(C(N)=O)CCCCC2)cnc1C(N)=O. The molecule has 0 radical (unpaired) electrons. The van der Waals surface area contributed by atoms with Crippen molar-refractivity contribution < 1.29 is 9.59 Å². The van der Waals surface area contributed by atoms with Crippen LogP contribution in [0.5, 0.6) is 0 Å². The molecule has 1 aliphatic carbocycles. The molecule has 0 atom stereocenters. The zero-order valence-corrected chi connectivity index (χ0v) is 15.4. The molecule has 140 valence electrons. The number of aromatic nitrogens is 2. The molecular weight excluding hydrogens is 354 g/mol. The van der Waals surface area contributed by atoms with Gasteiger partial charge in [-0.25, -0.2) is 9.97 Å². The highest BCUT2D eigenvalue weighted by molar-refractivity contribution is 7.81. The van der Waals surface area contributed by atoms with Crippen molar-refractivity contribution in [1.82, 2.24) is 9.97 Å². The van der Waals surface area contributed by atoms with Gasteiger partial charge in [-0.15, -0.1) is 0 Å². The van der Waals surface area contributed by atoms with Crippen LogP contribution in [0.2, 0.25) is 0 Å². The molecule has 0 bridgehead atoms. The van der Waals surface area contributed by atoms with Gasteiger partial charge >= 0.3 is 0 Å². The zero-order chi connectivity index (χ0) is 19.3. The van der Waals surface area contributed by atoms with Crippen molar-refractivity contribution >= 4 is 40.7 Å². The molecule has 1 saturated carbocycles. The number of allylic oxidation sites excluding steroid dienone is 1. The molecule has 0 aliphatic heterocycles. The van der Waals surface area contributed by atoms with Crippen molar-refractivity contribution in [1.29, 1.82) is 0 Å². The number of carbonyl (C=O) groups is 2. The zero-order valence-electron chi connectivity index (χ0n) is 14.5. The summed E-state index contributed by atoms with van der Waals surface area (Å²) < 4.78 is 0. The predicted octanol–water partition coefficient (Wildman–Crippen LogP) is 0.777. The first-order chi connectivity index (χ1) is 12.2. The molecule has 0 spiro atoms. The van der Waals surface area contributed by atoms with Gasteiger partial charge in [0, 0.05) is 5.70 Å². The number of nitrogens with zero attached hydrogens (tertiary/aromatic N) is 2. The van der Waals surface area contributed by atoms with Crippen molar-refractivity contribution in [2.75, 3.05) is 10.6 Å². The van der Waals surface area contributed by atoms with Crippen LogP contribution in [0.15, 0.2) is 18.0 Å². The van der Waals surface area contributed by atoms with Crippen molar-refractivity contribution in [2.45, 2.75) is 44.6 Å². The number of hydrogen-bond acceptors (Lipinski definition) is 7. The number of rotatable bonds is 6. The summed E-state index contributed by atoms with van der Waals surface area (Å²) in [6.07, 6.45) is 6.90. The minimum absolute atomic E-state index is 0.0715. The van der Waals surface area contributed by atoms with Gasteiger partial charge in [0.1, 0.15) is 16.3 Å². The fourth-order valence-corrected chi connectivity index (χ4v) is 3.19. The summed E-state index contributed by atoms with van der Waals surface area (Å²) in [6, 6.07) is 0. The Morgan fingerprint density at radius 2 is 1.88 bits per heavy atom. The normalized spacial score (nSPS) is 16.6. The lowest BCUT2D eigenvalue weighted by Crippen LogP contribution is -2.52. The van der Waals surface area contributed by atoms with Gasteiger partial charge in [0.15, 0.2) is 11.5 Å². The third-order valence-corrected chi connectivity index (χ3v) is 4.37. The minimum Gasteiger partial charge on any atom is -0.402 e. The second-order valence-electron chi connectivity index (χ2n) is 6.33. The highest BCUT2D eigenvalue weighted by Gasteiger charge is 2.38. The first-order valence-electron chi connectivity index (χ1n) is 8.23. The van der Waals surface area contributed by atoms with E-state index in [9.17, 15) is 9.59 Å². The van der Waals surface area contributed by atoms with E-state index in [1.807, 2.05) is 0 Å². The van der Waals surface area contributed by atoms with E-state index in [1.54, 1.807) is 6.92 Å². The lowest BCUT2D eigenvalue weighted by Gasteiger charge is -2.35. The largest absolute Gasteiger partial charge is 0.402 e. The maximum Gasteiger partial charge on any atom is 0.271 e. The van der Waals surface area contributed by atoms with Crippen molar-refractivity contribution in [2.24, 2.45) is 17.2 Å². The second kappa shape index (κ2) is 8.09. The monoisotopic (exact) mass is 377 g/mol. The number of thiocarbonyl (C=S) groups is 1. The second-order valence-corrected chi connectivity index (χ2v) is 6.77. The molecule has 1 aliphatic rings. The van der Waals surface area contributed by atoms with E-state index in [2.05, 4.69) is 20.6 Å². The maximum atomic E-state index is 12.0. The average molecular weight is 377 g/mol. The van der Waals surface area contributed by atoms with Gasteiger partial charge in [-0.2, -0.15) is 0 Å². The first-order valence-corrected chi connectivity index (χ1v) is 8.64. The fraction of sp³-hybridized carbons (Fsp3) is 0.438. The third-order valence-electron chi connectivity index (χ3n) is 4.15. The van der Waals surface area contributed by atoms with Crippen LogP contribution in [0.4, 0.5) is 11.6 Å². The number of anilines is 2. The number of hydrogen-bond donors (Lipinski definition) is 5. The summed E-state index contributed by atoms with van der Waals surface area (Å²) >= 11 is 5.14. The Morgan fingerprint density at radius 1 is 1.23 bits per heavy atom. The van der Waals surface area contributed by atoms with E-state index < -0.39 is 17.4 Å². The summed E-state index contributed by atoms with van der Waals surface area (Å²) in [5.74, 6) is -0.815. The average Bonchev–Trinajstić information content (AvgIpc) is 2.54. The van der Waals surface area contributed by atoms with E-state index in [-0.39, 0.29) is 16.5 Å². The Labute approximate surface area is 156 Å². The van der Waals surface area contributed by atoms with Crippen LogP contribution in [0.3, 0.4) is 0 Å². The number of nitrogens with one attached hydrogen (secondary N) is 2. The fourth-order valence-electron chi connectivity index (χ4n) is 2.91. The summed E-state index contributed by atoms with van der Waals surface area (Å²) in [4.78, 5) is 32.2. The molecule has 2 rings (SSSR count). The number of primary amides is 2. The van der Waals surface area contributed by atoms with Gasteiger partial charge in [-0.05, 0) is 25.8 Å². The molecule has 1 aromatic rings. The Kier molecular flexibility index (Phi) is 6.09. The Balaban J connectivity index is 2.33. The summed E-state index contributed by atoms with van der Waals surface area (Å²) in [6.45, 7) is 1.67. The minimum atomic E-state index is -0.882. The molecule has 0 saturated heterocycles. The van der Waals surface area contributed by atoms with Crippen LogP contribution in [0.25, 0.3) is 0 Å². The van der Waals surface area contributed by atoms with Crippen LogP contribution in [-0.2, 0) is 4.79 Å². The molecule has 26 heavy (non-hydrogen) atoms. The van der Waals surface area contributed by atoms with Gasteiger partial charge in [0.25, 0.3) is 5.91 Å². The third kappa shape index (κ3) is 4.66. The Hall–Kier alpha value is -2.75. The van der Waals surface area contributed by atoms with Gasteiger partial charge in [-0.3, -0.25) is 9.59 Å².